The van der Waals surface area contributed by atoms with Crippen LogP contribution in [0.2, 0.25) is 0 Å². The van der Waals surface area contributed by atoms with Crippen molar-refractivity contribution in [3.05, 3.63) is 71.1 Å². The second-order valence-corrected chi connectivity index (χ2v) is 5.32. The van der Waals surface area contributed by atoms with Crippen molar-refractivity contribution in [2.24, 2.45) is 0 Å². The Morgan fingerprint density at radius 1 is 0.533 bits per heavy atom. The molecule has 3 heterocycles. The molecular formula is C24H42N6. The third kappa shape index (κ3) is 16.2. The average Bonchev–Trinajstić information content (AvgIpc) is 2.80. The van der Waals surface area contributed by atoms with Gasteiger partial charge in [0, 0.05) is 30.5 Å². The molecule has 6 heteroatoms. The van der Waals surface area contributed by atoms with Crippen LogP contribution >= 0.6 is 0 Å². The molecule has 0 radical (unpaired) electrons. The van der Waals surface area contributed by atoms with Crippen molar-refractivity contribution in [3.63, 3.8) is 0 Å². The Labute approximate surface area is 184 Å². The molecule has 0 atom stereocenters. The highest BCUT2D eigenvalue weighted by Gasteiger charge is 1.88. The highest BCUT2D eigenvalue weighted by atomic mass is 15.1. The summed E-state index contributed by atoms with van der Waals surface area (Å²) in [5.74, 6) is 0. The number of aromatic nitrogens is 6. The predicted octanol–water partition coefficient (Wildman–Crippen LogP) is 6.36. The second kappa shape index (κ2) is 22.5. The summed E-state index contributed by atoms with van der Waals surface area (Å²) in [6.45, 7) is 23.8. The van der Waals surface area contributed by atoms with E-state index in [4.69, 9.17) is 0 Å². The van der Waals surface area contributed by atoms with Gasteiger partial charge in [0.1, 0.15) is 6.33 Å². The van der Waals surface area contributed by atoms with Crippen molar-refractivity contribution >= 4 is 0 Å². The smallest absolute Gasteiger partial charge is 0.115 e. The number of nitrogens with zero attached hydrogens (tertiary/aromatic N) is 6. The first kappa shape index (κ1) is 31.9. The topological polar surface area (TPSA) is 77.3 Å². The predicted molar refractivity (Wildman–Crippen MR) is 129 cm³/mol. The molecule has 0 unspecified atom stereocenters. The van der Waals surface area contributed by atoms with E-state index < -0.39 is 0 Å². The highest BCUT2D eigenvalue weighted by molar-refractivity contribution is 5.12. The largest absolute Gasteiger partial charge is 0.258 e. The van der Waals surface area contributed by atoms with E-state index in [0.717, 1.165) is 28.3 Å². The number of aryl methyl sites for hydroxylation is 6. The van der Waals surface area contributed by atoms with Gasteiger partial charge in [0.25, 0.3) is 0 Å². The van der Waals surface area contributed by atoms with Crippen LogP contribution in [0.1, 0.15) is 75.4 Å². The molecule has 0 spiro atoms. The molecule has 3 aromatic rings. The van der Waals surface area contributed by atoms with Crippen molar-refractivity contribution in [3.8, 4) is 0 Å². The lowest BCUT2D eigenvalue weighted by Gasteiger charge is -1.91. The Bertz CT molecular complexity index is 594. The zero-order valence-electron chi connectivity index (χ0n) is 21.1. The van der Waals surface area contributed by atoms with E-state index in [0.29, 0.717) is 0 Å². The lowest BCUT2D eigenvalue weighted by atomic mass is 10.3. The van der Waals surface area contributed by atoms with Crippen LogP contribution in [-0.4, -0.2) is 30.1 Å². The van der Waals surface area contributed by atoms with Gasteiger partial charge in [-0.2, -0.15) is 10.2 Å². The number of hydrogen-bond donors (Lipinski definition) is 0. The van der Waals surface area contributed by atoms with E-state index in [9.17, 15) is 0 Å². The van der Waals surface area contributed by atoms with Gasteiger partial charge in [0.15, 0.2) is 0 Å². The standard InChI is InChI=1S/3C6H8N2.3C2H6/c1-5-3-7-4-8-6(5)2;1-5-6(2)8-4-3-7-5;1-5-3-4-7-8-6(5)2;3*1-2/h3*3-4H,1-2H3;3*1-2H3. The Morgan fingerprint density at radius 3 is 1.30 bits per heavy atom. The maximum Gasteiger partial charge on any atom is 0.115 e. The van der Waals surface area contributed by atoms with Crippen molar-refractivity contribution in [1.82, 2.24) is 30.1 Å². The third-order valence-electron chi connectivity index (χ3n) is 3.45. The van der Waals surface area contributed by atoms with Gasteiger partial charge in [-0.1, -0.05) is 41.5 Å². The molecule has 0 aliphatic heterocycles. The van der Waals surface area contributed by atoms with Gasteiger partial charge in [0.2, 0.25) is 0 Å². The minimum atomic E-state index is 1.01. The van der Waals surface area contributed by atoms with Crippen LogP contribution in [-0.2, 0) is 0 Å². The quantitative estimate of drug-likeness (QED) is 0.426. The molecule has 0 bridgehead atoms. The number of hydrogen-bond acceptors (Lipinski definition) is 6. The molecule has 0 saturated heterocycles. The van der Waals surface area contributed by atoms with E-state index in [2.05, 4.69) is 30.1 Å². The molecule has 0 aliphatic rings. The molecule has 0 fully saturated rings. The summed E-state index contributed by atoms with van der Waals surface area (Å²) < 4.78 is 0. The SMILES string of the molecule is CC.CC.CC.Cc1ccnnc1C.Cc1cncnc1C.Cc1nccnc1C. The van der Waals surface area contributed by atoms with Crippen LogP contribution in [0.3, 0.4) is 0 Å². The Balaban J connectivity index is -0.000000323. The normalized spacial score (nSPS) is 8.00. The summed E-state index contributed by atoms with van der Waals surface area (Å²) in [7, 11) is 0. The van der Waals surface area contributed by atoms with Gasteiger partial charge in [-0.3, -0.25) is 9.97 Å². The fourth-order valence-corrected chi connectivity index (χ4v) is 1.40. The van der Waals surface area contributed by atoms with E-state index >= 15 is 0 Å². The van der Waals surface area contributed by atoms with Crippen LogP contribution in [0.5, 0.6) is 0 Å². The van der Waals surface area contributed by atoms with Crippen LogP contribution in [0.15, 0.2) is 37.2 Å². The van der Waals surface area contributed by atoms with Crippen LogP contribution in [0.4, 0.5) is 0 Å². The molecule has 0 saturated carbocycles. The van der Waals surface area contributed by atoms with Crippen LogP contribution in [0.25, 0.3) is 0 Å². The maximum atomic E-state index is 4.02. The van der Waals surface area contributed by atoms with E-state index in [-0.39, 0.29) is 0 Å². The summed E-state index contributed by atoms with van der Waals surface area (Å²) in [5, 5.41) is 7.52. The zero-order chi connectivity index (χ0) is 23.9. The molecule has 3 aromatic heterocycles. The van der Waals surface area contributed by atoms with Gasteiger partial charge in [0.05, 0.1) is 17.1 Å². The summed E-state index contributed by atoms with van der Waals surface area (Å²) in [4.78, 5) is 15.8. The monoisotopic (exact) mass is 414 g/mol. The Morgan fingerprint density at radius 2 is 1.03 bits per heavy atom. The fourth-order valence-electron chi connectivity index (χ4n) is 1.40. The van der Waals surface area contributed by atoms with Gasteiger partial charge < -0.3 is 0 Å². The maximum absolute atomic E-state index is 4.02. The summed E-state index contributed by atoms with van der Waals surface area (Å²) in [5.41, 5.74) is 6.42. The first-order valence-corrected chi connectivity index (χ1v) is 10.6. The van der Waals surface area contributed by atoms with Crippen molar-refractivity contribution in [2.45, 2.75) is 83.1 Å². The third-order valence-corrected chi connectivity index (χ3v) is 3.45. The van der Waals surface area contributed by atoms with E-state index in [1.54, 1.807) is 24.9 Å². The van der Waals surface area contributed by atoms with Gasteiger partial charge in [-0.05, 0) is 58.7 Å². The summed E-state index contributed by atoms with van der Waals surface area (Å²) in [6.07, 6.45) is 8.46. The molecule has 168 valence electrons. The van der Waals surface area contributed by atoms with Crippen LogP contribution < -0.4 is 0 Å². The molecule has 30 heavy (non-hydrogen) atoms. The average molecular weight is 415 g/mol. The molecule has 0 amide bonds. The van der Waals surface area contributed by atoms with Gasteiger partial charge >= 0.3 is 0 Å². The summed E-state index contributed by atoms with van der Waals surface area (Å²) >= 11 is 0. The fraction of sp³-hybridized carbons (Fsp3) is 0.500. The van der Waals surface area contributed by atoms with Gasteiger partial charge in [-0.15, -0.1) is 0 Å². The Kier molecular flexibility index (Phi) is 24.0. The van der Waals surface area contributed by atoms with Gasteiger partial charge in [-0.25, -0.2) is 9.97 Å². The second-order valence-electron chi connectivity index (χ2n) is 5.32. The van der Waals surface area contributed by atoms with Crippen molar-refractivity contribution in [2.75, 3.05) is 0 Å². The molecular weight excluding hydrogens is 372 g/mol. The lowest BCUT2D eigenvalue weighted by Crippen LogP contribution is -1.87. The highest BCUT2D eigenvalue weighted by Crippen LogP contribution is 1.97. The summed E-state index contributed by atoms with van der Waals surface area (Å²) in [6, 6.07) is 1.95. The van der Waals surface area contributed by atoms with Crippen molar-refractivity contribution in [1.29, 1.82) is 0 Å². The molecule has 0 aliphatic carbocycles. The molecule has 0 N–H and O–H groups in total. The molecule has 0 aromatic carbocycles. The zero-order valence-corrected chi connectivity index (χ0v) is 21.1. The minimum Gasteiger partial charge on any atom is -0.258 e. The molecule has 6 nitrogen and oxygen atoms in total. The first-order chi connectivity index (χ1) is 14.4. The van der Waals surface area contributed by atoms with Crippen molar-refractivity contribution < 1.29 is 0 Å². The molecule has 3 rings (SSSR count). The first-order valence-electron chi connectivity index (χ1n) is 10.6. The number of rotatable bonds is 0. The minimum absolute atomic E-state index is 1.01. The van der Waals surface area contributed by atoms with E-state index in [1.807, 2.05) is 95.3 Å². The Hall–Kier alpha value is -2.76. The van der Waals surface area contributed by atoms with Crippen LogP contribution in [0, 0.1) is 41.5 Å². The lowest BCUT2D eigenvalue weighted by molar-refractivity contribution is 0.961. The van der Waals surface area contributed by atoms with E-state index in [1.165, 1.54) is 5.56 Å².